The first-order valence-corrected chi connectivity index (χ1v) is 11.0. The molecule has 0 N–H and O–H groups in total. The zero-order valence-electron chi connectivity index (χ0n) is 17.3. The van der Waals surface area contributed by atoms with E-state index in [2.05, 4.69) is 24.0 Å². The second-order valence-electron chi connectivity index (χ2n) is 8.65. The lowest BCUT2D eigenvalue weighted by atomic mass is 10.1. The van der Waals surface area contributed by atoms with Crippen molar-refractivity contribution >= 4 is 5.91 Å². The van der Waals surface area contributed by atoms with Gasteiger partial charge >= 0.3 is 0 Å². The van der Waals surface area contributed by atoms with E-state index in [1.165, 1.54) is 23.2 Å². The molecule has 2 aromatic rings. The summed E-state index contributed by atoms with van der Waals surface area (Å²) in [5.41, 5.74) is 5.35. The first-order valence-electron chi connectivity index (χ1n) is 11.0. The van der Waals surface area contributed by atoms with Crippen molar-refractivity contribution in [3.8, 4) is 5.69 Å². The van der Waals surface area contributed by atoms with Crippen LogP contribution in [0.15, 0.2) is 24.3 Å². The van der Waals surface area contributed by atoms with Gasteiger partial charge < -0.3 is 9.64 Å². The van der Waals surface area contributed by atoms with Gasteiger partial charge in [-0.25, -0.2) is 4.68 Å². The Labute approximate surface area is 172 Å². The molecule has 0 radical (unpaired) electrons. The zero-order chi connectivity index (χ0) is 19.8. The van der Waals surface area contributed by atoms with Crippen LogP contribution in [0.3, 0.4) is 0 Å². The first kappa shape index (κ1) is 18.8. The summed E-state index contributed by atoms with van der Waals surface area (Å²) in [5.74, 6) is 0.768. The van der Waals surface area contributed by atoms with E-state index in [1.54, 1.807) is 0 Å². The van der Waals surface area contributed by atoms with Crippen molar-refractivity contribution in [2.45, 2.75) is 32.6 Å². The normalized spacial score (nSPS) is 22.2. The molecule has 5 rings (SSSR count). The Hall–Kier alpha value is -2.18. The lowest BCUT2D eigenvalue weighted by Crippen LogP contribution is -2.50. The molecule has 6 heteroatoms. The molecular formula is C23H30N4O2. The average Bonchev–Trinajstić information content (AvgIpc) is 3.47. The molecule has 0 saturated carbocycles. The minimum atomic E-state index is 0.110. The fraction of sp³-hybridized carbons (Fsp3) is 0.565. The molecule has 2 saturated heterocycles. The number of aryl methyl sites for hydroxylation is 1. The highest BCUT2D eigenvalue weighted by molar-refractivity contribution is 5.94. The number of para-hydroxylation sites is 1. The van der Waals surface area contributed by atoms with Crippen molar-refractivity contribution in [1.82, 2.24) is 19.6 Å². The number of fused-ring (bicyclic) bond motifs is 1. The molecule has 2 aliphatic heterocycles. The number of ether oxygens (including phenoxy) is 1. The predicted molar refractivity (Wildman–Crippen MR) is 112 cm³/mol. The summed E-state index contributed by atoms with van der Waals surface area (Å²) in [6.45, 7) is 8.47. The van der Waals surface area contributed by atoms with E-state index in [-0.39, 0.29) is 5.91 Å². The van der Waals surface area contributed by atoms with Crippen molar-refractivity contribution in [3.05, 3.63) is 46.8 Å². The van der Waals surface area contributed by atoms with Crippen LogP contribution in [0, 0.1) is 12.8 Å². The lowest BCUT2D eigenvalue weighted by Gasteiger charge is -2.35. The number of hydrogen-bond donors (Lipinski definition) is 0. The number of nitrogens with zero attached hydrogens (tertiary/aromatic N) is 4. The summed E-state index contributed by atoms with van der Waals surface area (Å²) < 4.78 is 7.53. The highest BCUT2D eigenvalue weighted by Gasteiger charge is 2.31. The standard InChI is InChI=1S/C23H30N4O2/c1-17-5-2-3-7-20(17)27-21-8-4-6-19(21)22(24-27)23(28)26-12-10-25(11-13-26)15-18-9-14-29-16-18/h2-3,5,7,18H,4,6,8-16H2,1H3. The van der Waals surface area contributed by atoms with Gasteiger partial charge in [0.2, 0.25) is 0 Å². The Balaban J connectivity index is 1.32. The second kappa shape index (κ2) is 7.92. The first-order chi connectivity index (χ1) is 14.2. The van der Waals surface area contributed by atoms with Crippen molar-refractivity contribution in [1.29, 1.82) is 0 Å². The van der Waals surface area contributed by atoms with Crippen LogP contribution in [0.1, 0.15) is 40.2 Å². The van der Waals surface area contributed by atoms with Crippen LogP contribution in [-0.2, 0) is 17.6 Å². The maximum Gasteiger partial charge on any atom is 0.274 e. The molecule has 2 fully saturated rings. The predicted octanol–water partition coefficient (Wildman–Crippen LogP) is 2.46. The van der Waals surface area contributed by atoms with Gasteiger partial charge in [0.1, 0.15) is 0 Å². The number of rotatable bonds is 4. The maximum atomic E-state index is 13.4. The molecular weight excluding hydrogens is 364 g/mol. The van der Waals surface area contributed by atoms with E-state index in [4.69, 9.17) is 9.84 Å². The smallest absolute Gasteiger partial charge is 0.274 e. The van der Waals surface area contributed by atoms with Gasteiger partial charge in [0.15, 0.2) is 5.69 Å². The van der Waals surface area contributed by atoms with Crippen LogP contribution in [0.25, 0.3) is 5.69 Å². The van der Waals surface area contributed by atoms with Crippen LogP contribution in [-0.4, -0.2) is 71.4 Å². The van der Waals surface area contributed by atoms with Gasteiger partial charge in [-0.3, -0.25) is 9.69 Å². The molecule has 3 heterocycles. The average molecular weight is 395 g/mol. The Kier molecular flexibility index (Phi) is 5.14. The molecule has 1 unspecified atom stereocenters. The molecule has 3 aliphatic rings. The van der Waals surface area contributed by atoms with Crippen LogP contribution >= 0.6 is 0 Å². The monoisotopic (exact) mass is 394 g/mol. The van der Waals surface area contributed by atoms with Gasteiger partial charge in [0.05, 0.1) is 12.3 Å². The summed E-state index contributed by atoms with van der Waals surface area (Å²) in [5, 5.41) is 4.84. The van der Waals surface area contributed by atoms with Crippen LogP contribution in [0.4, 0.5) is 0 Å². The SMILES string of the molecule is Cc1ccccc1-n1nc(C(=O)N2CCN(CC3CCOC3)CC2)c2c1CCC2. The highest BCUT2D eigenvalue weighted by atomic mass is 16.5. The number of carbonyl (C=O) groups is 1. The molecule has 29 heavy (non-hydrogen) atoms. The van der Waals surface area contributed by atoms with E-state index < -0.39 is 0 Å². The third-order valence-electron chi connectivity index (χ3n) is 6.68. The lowest BCUT2D eigenvalue weighted by molar-refractivity contribution is 0.0604. The summed E-state index contributed by atoms with van der Waals surface area (Å²) in [6, 6.07) is 8.29. The molecule has 1 aromatic carbocycles. The second-order valence-corrected chi connectivity index (χ2v) is 8.65. The fourth-order valence-electron chi connectivity index (χ4n) is 4.99. The Morgan fingerprint density at radius 2 is 2.00 bits per heavy atom. The van der Waals surface area contributed by atoms with E-state index in [0.717, 1.165) is 70.9 Å². The van der Waals surface area contributed by atoms with Gasteiger partial charge in [-0.15, -0.1) is 0 Å². The van der Waals surface area contributed by atoms with E-state index in [9.17, 15) is 4.79 Å². The Morgan fingerprint density at radius 3 is 2.76 bits per heavy atom. The number of piperazine rings is 1. The van der Waals surface area contributed by atoms with Crippen LogP contribution in [0.2, 0.25) is 0 Å². The van der Waals surface area contributed by atoms with Gasteiger partial charge in [-0.1, -0.05) is 18.2 Å². The fourth-order valence-corrected chi connectivity index (χ4v) is 4.99. The summed E-state index contributed by atoms with van der Waals surface area (Å²) >= 11 is 0. The van der Waals surface area contributed by atoms with Gasteiger partial charge in [-0.05, 0) is 50.2 Å². The third kappa shape index (κ3) is 3.60. The number of benzene rings is 1. The van der Waals surface area contributed by atoms with Gasteiger partial charge in [0, 0.05) is 50.6 Å². The summed E-state index contributed by atoms with van der Waals surface area (Å²) in [6.07, 6.45) is 4.24. The van der Waals surface area contributed by atoms with Gasteiger partial charge in [-0.2, -0.15) is 5.10 Å². The molecule has 154 valence electrons. The van der Waals surface area contributed by atoms with E-state index in [1.807, 2.05) is 21.7 Å². The molecule has 1 aliphatic carbocycles. The molecule has 1 atom stereocenters. The van der Waals surface area contributed by atoms with E-state index in [0.29, 0.717) is 11.6 Å². The van der Waals surface area contributed by atoms with Crippen LogP contribution < -0.4 is 0 Å². The number of aromatic nitrogens is 2. The molecule has 6 nitrogen and oxygen atoms in total. The summed E-state index contributed by atoms with van der Waals surface area (Å²) in [7, 11) is 0. The third-order valence-corrected chi connectivity index (χ3v) is 6.68. The number of hydrogen-bond acceptors (Lipinski definition) is 4. The number of carbonyl (C=O) groups excluding carboxylic acids is 1. The Bertz CT molecular complexity index is 892. The van der Waals surface area contributed by atoms with Crippen molar-refractivity contribution < 1.29 is 9.53 Å². The van der Waals surface area contributed by atoms with Crippen molar-refractivity contribution in [2.75, 3.05) is 45.9 Å². The zero-order valence-corrected chi connectivity index (χ0v) is 17.3. The molecule has 0 spiro atoms. The minimum absolute atomic E-state index is 0.110. The van der Waals surface area contributed by atoms with E-state index >= 15 is 0 Å². The van der Waals surface area contributed by atoms with Crippen molar-refractivity contribution in [3.63, 3.8) is 0 Å². The molecule has 1 amide bonds. The highest BCUT2D eigenvalue weighted by Crippen LogP contribution is 2.29. The topological polar surface area (TPSA) is 50.6 Å². The van der Waals surface area contributed by atoms with Crippen molar-refractivity contribution in [2.24, 2.45) is 5.92 Å². The van der Waals surface area contributed by atoms with Gasteiger partial charge in [0.25, 0.3) is 5.91 Å². The molecule has 0 bridgehead atoms. The largest absolute Gasteiger partial charge is 0.381 e. The molecule has 1 aromatic heterocycles. The quantitative estimate of drug-likeness (QED) is 0.799. The minimum Gasteiger partial charge on any atom is -0.381 e. The maximum absolute atomic E-state index is 13.4. The Morgan fingerprint density at radius 1 is 1.17 bits per heavy atom. The summed E-state index contributed by atoms with van der Waals surface area (Å²) in [4.78, 5) is 17.8. The number of amides is 1. The van der Waals surface area contributed by atoms with Crippen LogP contribution in [0.5, 0.6) is 0 Å².